The summed E-state index contributed by atoms with van der Waals surface area (Å²) in [4.78, 5) is 5.94. The van der Waals surface area contributed by atoms with E-state index in [9.17, 15) is 0 Å². The van der Waals surface area contributed by atoms with Crippen molar-refractivity contribution in [2.45, 2.75) is 51.3 Å². The summed E-state index contributed by atoms with van der Waals surface area (Å²) in [5.41, 5.74) is 1.44. The zero-order valence-corrected chi connectivity index (χ0v) is 10.7. The van der Waals surface area contributed by atoms with Crippen LogP contribution in [-0.2, 0) is 4.84 Å². The summed E-state index contributed by atoms with van der Waals surface area (Å²) < 4.78 is 0. The Balaban J connectivity index is 1.68. The number of hydrogen-bond donors (Lipinski definition) is 0. The van der Waals surface area contributed by atoms with Gasteiger partial charge in [-0.3, -0.25) is 4.84 Å². The number of nitrogens with zero attached hydrogens (tertiary/aromatic N) is 1. The molecule has 1 heterocycles. The fraction of sp³-hybridized carbons (Fsp3) is 0.600. The van der Waals surface area contributed by atoms with Crippen molar-refractivity contribution in [3.63, 3.8) is 0 Å². The van der Waals surface area contributed by atoms with Gasteiger partial charge in [0.05, 0.1) is 6.04 Å². The average molecular weight is 231 g/mol. The third kappa shape index (κ3) is 2.00. The van der Waals surface area contributed by atoms with E-state index in [1.54, 1.807) is 0 Å². The molecule has 3 rings (SSSR count). The molecule has 2 aliphatic rings. The first-order valence-electron chi connectivity index (χ1n) is 6.75. The quantitative estimate of drug-likeness (QED) is 0.717. The molecule has 1 aromatic rings. The molecule has 92 valence electrons. The van der Waals surface area contributed by atoms with Gasteiger partial charge in [0.25, 0.3) is 0 Å². The van der Waals surface area contributed by atoms with Crippen molar-refractivity contribution in [2.24, 2.45) is 5.92 Å². The Morgan fingerprint density at radius 3 is 2.53 bits per heavy atom. The Kier molecular flexibility index (Phi) is 2.72. The first-order chi connectivity index (χ1) is 8.21. The molecule has 1 aliphatic heterocycles. The summed E-state index contributed by atoms with van der Waals surface area (Å²) in [6.07, 6.45) is 5.01. The second-order valence-corrected chi connectivity index (χ2v) is 5.63. The number of hydrogen-bond acceptors (Lipinski definition) is 2. The monoisotopic (exact) mass is 231 g/mol. The lowest BCUT2D eigenvalue weighted by molar-refractivity contribution is 0.150. The van der Waals surface area contributed by atoms with E-state index in [1.165, 1.54) is 31.2 Å². The highest BCUT2D eigenvalue weighted by Gasteiger charge is 2.57. The molecule has 2 fully saturated rings. The Morgan fingerprint density at radius 2 is 1.88 bits per heavy atom. The molecule has 0 bridgehead atoms. The fourth-order valence-corrected chi connectivity index (χ4v) is 2.99. The van der Waals surface area contributed by atoms with Crippen LogP contribution in [0, 0.1) is 5.92 Å². The molecule has 1 aliphatic carbocycles. The van der Waals surface area contributed by atoms with E-state index >= 15 is 0 Å². The van der Waals surface area contributed by atoms with E-state index < -0.39 is 0 Å². The Hall–Kier alpha value is -0.860. The molecule has 17 heavy (non-hydrogen) atoms. The van der Waals surface area contributed by atoms with Crippen molar-refractivity contribution in [3.05, 3.63) is 35.9 Å². The summed E-state index contributed by atoms with van der Waals surface area (Å²) in [5.74, 6) is 0.874. The second kappa shape index (κ2) is 4.11. The second-order valence-electron chi connectivity index (χ2n) is 5.63. The molecule has 1 unspecified atom stereocenters. The third-order valence-electron chi connectivity index (χ3n) is 4.33. The summed E-state index contributed by atoms with van der Waals surface area (Å²) in [6.45, 7) is 4.59. The van der Waals surface area contributed by atoms with Crippen LogP contribution in [0.25, 0.3) is 0 Å². The summed E-state index contributed by atoms with van der Waals surface area (Å²) in [5, 5.41) is 2.22. The van der Waals surface area contributed by atoms with Crippen molar-refractivity contribution >= 4 is 0 Å². The van der Waals surface area contributed by atoms with Gasteiger partial charge in [-0.1, -0.05) is 37.3 Å². The van der Waals surface area contributed by atoms with Crippen LogP contribution in [0.2, 0.25) is 0 Å². The molecule has 2 nitrogen and oxygen atoms in total. The van der Waals surface area contributed by atoms with Gasteiger partial charge in [0, 0.05) is 0 Å². The molecule has 1 aromatic carbocycles. The maximum Gasteiger partial charge on any atom is 0.165 e. The van der Waals surface area contributed by atoms with Crippen LogP contribution in [0.15, 0.2) is 30.3 Å². The standard InChI is InChI=1S/C15H21NO/c1-12-8-10-15(11-9-12)16(17-15)13(2)14-6-4-3-5-7-14/h3-7,12-13H,8-11H2,1-2H3/t12?,13-,15?,16?/m0/s1. The predicted octanol–water partition coefficient (Wildman–Crippen LogP) is 3.90. The minimum atomic E-state index is 0.0851. The van der Waals surface area contributed by atoms with Gasteiger partial charge in [-0.15, -0.1) is 5.06 Å². The summed E-state index contributed by atoms with van der Waals surface area (Å²) >= 11 is 0. The van der Waals surface area contributed by atoms with Crippen LogP contribution in [0.1, 0.15) is 51.1 Å². The lowest BCUT2D eigenvalue weighted by Crippen LogP contribution is -2.26. The van der Waals surface area contributed by atoms with Crippen LogP contribution in [0.5, 0.6) is 0 Å². The molecule has 0 amide bonds. The van der Waals surface area contributed by atoms with Crippen LogP contribution in [-0.4, -0.2) is 10.8 Å². The largest absolute Gasteiger partial charge is 0.271 e. The van der Waals surface area contributed by atoms with Crippen molar-refractivity contribution in [3.8, 4) is 0 Å². The van der Waals surface area contributed by atoms with Gasteiger partial charge in [0.2, 0.25) is 0 Å². The maximum atomic E-state index is 5.94. The van der Waals surface area contributed by atoms with Gasteiger partial charge in [-0.05, 0) is 44.1 Å². The lowest BCUT2D eigenvalue weighted by atomic mass is 9.85. The Labute approximate surface area is 104 Å². The predicted molar refractivity (Wildman–Crippen MR) is 68.1 cm³/mol. The molecule has 1 saturated carbocycles. The molecule has 0 radical (unpaired) electrons. The van der Waals surface area contributed by atoms with Crippen molar-refractivity contribution in [2.75, 3.05) is 0 Å². The van der Waals surface area contributed by atoms with Crippen molar-refractivity contribution in [1.82, 2.24) is 5.06 Å². The van der Waals surface area contributed by atoms with Crippen LogP contribution in [0.4, 0.5) is 0 Å². The summed E-state index contributed by atoms with van der Waals surface area (Å²) in [7, 11) is 0. The lowest BCUT2D eigenvalue weighted by Gasteiger charge is -2.24. The van der Waals surface area contributed by atoms with Gasteiger partial charge in [0.15, 0.2) is 5.72 Å². The zero-order valence-electron chi connectivity index (χ0n) is 10.7. The normalized spacial score (nSPS) is 38.0. The van der Waals surface area contributed by atoms with E-state index in [4.69, 9.17) is 4.84 Å². The first kappa shape index (κ1) is 11.2. The van der Waals surface area contributed by atoms with Gasteiger partial charge in [0.1, 0.15) is 0 Å². The summed E-state index contributed by atoms with van der Waals surface area (Å²) in [6, 6.07) is 11.0. The number of hydroxylamine groups is 2. The molecule has 2 atom stereocenters. The highest BCUT2D eigenvalue weighted by atomic mass is 16.9. The topological polar surface area (TPSA) is 15.5 Å². The molecule has 0 N–H and O–H groups in total. The zero-order chi connectivity index (χ0) is 11.9. The first-order valence-corrected chi connectivity index (χ1v) is 6.75. The molecule has 2 heteroatoms. The van der Waals surface area contributed by atoms with Crippen molar-refractivity contribution in [1.29, 1.82) is 0 Å². The third-order valence-corrected chi connectivity index (χ3v) is 4.33. The smallest absolute Gasteiger partial charge is 0.165 e. The van der Waals surface area contributed by atoms with E-state index in [-0.39, 0.29) is 5.72 Å². The average Bonchev–Trinajstić information content (AvgIpc) is 3.08. The Morgan fingerprint density at radius 1 is 1.24 bits per heavy atom. The maximum absolute atomic E-state index is 5.94. The van der Waals surface area contributed by atoms with Crippen LogP contribution in [0.3, 0.4) is 0 Å². The Bertz CT molecular complexity index is 381. The molecule has 1 saturated heterocycles. The minimum Gasteiger partial charge on any atom is -0.271 e. The van der Waals surface area contributed by atoms with E-state index in [1.807, 2.05) is 0 Å². The highest BCUT2D eigenvalue weighted by molar-refractivity contribution is 5.19. The molecule has 1 spiro atoms. The van der Waals surface area contributed by atoms with E-state index in [0.717, 1.165) is 5.92 Å². The molecular formula is C15H21NO. The molecular weight excluding hydrogens is 210 g/mol. The number of rotatable bonds is 2. The fourth-order valence-electron chi connectivity index (χ4n) is 2.99. The van der Waals surface area contributed by atoms with Gasteiger partial charge >= 0.3 is 0 Å². The van der Waals surface area contributed by atoms with E-state index in [0.29, 0.717) is 6.04 Å². The van der Waals surface area contributed by atoms with Crippen molar-refractivity contribution < 1.29 is 4.84 Å². The minimum absolute atomic E-state index is 0.0851. The van der Waals surface area contributed by atoms with Gasteiger partial charge < -0.3 is 0 Å². The van der Waals surface area contributed by atoms with Gasteiger partial charge in [-0.2, -0.15) is 0 Å². The van der Waals surface area contributed by atoms with E-state index in [2.05, 4.69) is 49.2 Å². The highest BCUT2D eigenvalue weighted by Crippen LogP contribution is 2.52. The van der Waals surface area contributed by atoms with Gasteiger partial charge in [-0.25, -0.2) is 0 Å². The SMILES string of the molecule is CC1CCC2(CC1)ON2[C@@H](C)c1ccccc1. The van der Waals surface area contributed by atoms with Crippen LogP contribution >= 0.6 is 0 Å². The number of benzene rings is 1. The molecule has 0 aromatic heterocycles. The van der Waals surface area contributed by atoms with Crippen LogP contribution < -0.4 is 0 Å².